The molecule has 2 rings (SSSR count). The third kappa shape index (κ3) is 3.54. The minimum atomic E-state index is 0.230. The van der Waals surface area contributed by atoms with Gasteiger partial charge in [0.15, 0.2) is 11.3 Å². The standard InChI is InChI=1S/C17H25NO2/c1-4-5-6-7-11-18-13(2)16-12-14-9-8-10-15(19-3)17(14)20-16/h8-10,12-13,18H,4-7,11H2,1-3H3. The van der Waals surface area contributed by atoms with Crippen LogP contribution < -0.4 is 10.1 Å². The Morgan fingerprint density at radius 1 is 1.25 bits per heavy atom. The van der Waals surface area contributed by atoms with E-state index in [4.69, 9.17) is 9.15 Å². The smallest absolute Gasteiger partial charge is 0.176 e. The SMILES string of the molecule is CCCCCCNC(C)c1cc2cccc(OC)c2o1. The van der Waals surface area contributed by atoms with Crippen LogP contribution in [0.15, 0.2) is 28.7 Å². The van der Waals surface area contributed by atoms with E-state index < -0.39 is 0 Å². The lowest BCUT2D eigenvalue weighted by molar-refractivity contribution is 0.399. The first-order chi connectivity index (χ1) is 9.76. The molecule has 0 fully saturated rings. The molecule has 0 saturated carbocycles. The van der Waals surface area contributed by atoms with Gasteiger partial charge in [0.2, 0.25) is 0 Å². The molecule has 1 N–H and O–H groups in total. The number of hydrogen-bond acceptors (Lipinski definition) is 3. The monoisotopic (exact) mass is 275 g/mol. The van der Waals surface area contributed by atoms with Crippen LogP contribution in [0.3, 0.4) is 0 Å². The van der Waals surface area contributed by atoms with E-state index in [2.05, 4.69) is 31.3 Å². The molecule has 110 valence electrons. The van der Waals surface area contributed by atoms with Gasteiger partial charge in [-0.2, -0.15) is 0 Å². The molecule has 0 amide bonds. The Morgan fingerprint density at radius 3 is 2.85 bits per heavy atom. The summed E-state index contributed by atoms with van der Waals surface area (Å²) in [5.74, 6) is 1.77. The molecule has 1 aromatic heterocycles. The number of hydrogen-bond donors (Lipinski definition) is 1. The van der Waals surface area contributed by atoms with E-state index in [1.807, 2.05) is 12.1 Å². The van der Waals surface area contributed by atoms with Crippen molar-refractivity contribution >= 4 is 11.0 Å². The van der Waals surface area contributed by atoms with E-state index in [1.165, 1.54) is 25.7 Å². The third-order valence-electron chi connectivity index (χ3n) is 3.65. The second-order valence-corrected chi connectivity index (χ2v) is 5.26. The van der Waals surface area contributed by atoms with Gasteiger partial charge in [0.25, 0.3) is 0 Å². The van der Waals surface area contributed by atoms with Crippen LogP contribution in [0, 0.1) is 0 Å². The van der Waals surface area contributed by atoms with Crippen molar-refractivity contribution in [2.75, 3.05) is 13.7 Å². The van der Waals surface area contributed by atoms with Gasteiger partial charge in [-0.1, -0.05) is 38.3 Å². The van der Waals surface area contributed by atoms with Crippen molar-refractivity contribution in [1.82, 2.24) is 5.32 Å². The Bertz CT molecular complexity index is 533. The minimum absolute atomic E-state index is 0.230. The van der Waals surface area contributed by atoms with Gasteiger partial charge in [-0.3, -0.25) is 0 Å². The molecule has 3 nitrogen and oxygen atoms in total. The summed E-state index contributed by atoms with van der Waals surface area (Å²) in [5, 5.41) is 4.62. The van der Waals surface area contributed by atoms with Gasteiger partial charge in [-0.15, -0.1) is 0 Å². The number of rotatable bonds is 8. The summed E-state index contributed by atoms with van der Waals surface area (Å²) in [7, 11) is 1.67. The van der Waals surface area contributed by atoms with Gasteiger partial charge in [-0.05, 0) is 32.0 Å². The molecule has 0 aliphatic carbocycles. The van der Waals surface area contributed by atoms with Crippen molar-refractivity contribution in [2.24, 2.45) is 0 Å². The Morgan fingerprint density at radius 2 is 2.10 bits per heavy atom. The first-order valence-corrected chi connectivity index (χ1v) is 7.56. The van der Waals surface area contributed by atoms with Gasteiger partial charge in [0.05, 0.1) is 13.2 Å². The lowest BCUT2D eigenvalue weighted by Gasteiger charge is -2.10. The quantitative estimate of drug-likeness (QED) is 0.711. The van der Waals surface area contributed by atoms with Crippen LogP contribution in [-0.4, -0.2) is 13.7 Å². The average molecular weight is 275 g/mol. The zero-order chi connectivity index (χ0) is 14.4. The average Bonchev–Trinajstić information content (AvgIpc) is 2.90. The normalized spacial score (nSPS) is 12.8. The maximum absolute atomic E-state index is 5.94. The number of para-hydroxylation sites is 1. The lowest BCUT2D eigenvalue weighted by Crippen LogP contribution is -2.19. The first kappa shape index (κ1) is 14.9. The van der Waals surface area contributed by atoms with Gasteiger partial charge in [0.1, 0.15) is 5.76 Å². The molecular formula is C17H25NO2. The summed E-state index contributed by atoms with van der Waals surface area (Å²) in [6.07, 6.45) is 5.11. The van der Waals surface area contributed by atoms with Crippen LogP contribution >= 0.6 is 0 Å². The summed E-state index contributed by atoms with van der Waals surface area (Å²) in [4.78, 5) is 0. The minimum Gasteiger partial charge on any atom is -0.493 e. The van der Waals surface area contributed by atoms with Crippen molar-refractivity contribution in [1.29, 1.82) is 0 Å². The molecule has 0 spiro atoms. The van der Waals surface area contributed by atoms with Crippen molar-refractivity contribution in [3.8, 4) is 5.75 Å². The Labute approximate surface area is 121 Å². The third-order valence-corrected chi connectivity index (χ3v) is 3.65. The molecule has 1 unspecified atom stereocenters. The predicted octanol–water partition coefficient (Wildman–Crippen LogP) is 4.67. The number of ether oxygens (including phenoxy) is 1. The van der Waals surface area contributed by atoms with Crippen LogP contribution in [0.4, 0.5) is 0 Å². The summed E-state index contributed by atoms with van der Waals surface area (Å²) in [6.45, 7) is 5.41. The fourth-order valence-electron chi connectivity index (χ4n) is 2.40. The summed E-state index contributed by atoms with van der Waals surface area (Å²) >= 11 is 0. The van der Waals surface area contributed by atoms with Crippen LogP contribution in [0.5, 0.6) is 5.75 Å². The molecule has 1 atom stereocenters. The molecule has 3 heteroatoms. The maximum Gasteiger partial charge on any atom is 0.176 e. The van der Waals surface area contributed by atoms with E-state index >= 15 is 0 Å². The number of unbranched alkanes of at least 4 members (excludes halogenated alkanes) is 3. The van der Waals surface area contributed by atoms with Crippen molar-refractivity contribution < 1.29 is 9.15 Å². The van der Waals surface area contributed by atoms with Crippen LogP contribution in [0.1, 0.15) is 51.3 Å². The molecule has 0 radical (unpaired) electrons. The van der Waals surface area contributed by atoms with E-state index in [0.717, 1.165) is 29.0 Å². The Hall–Kier alpha value is -1.48. The Kier molecular flexibility index (Phi) is 5.48. The molecule has 0 aliphatic heterocycles. The molecule has 0 saturated heterocycles. The van der Waals surface area contributed by atoms with Crippen molar-refractivity contribution in [3.05, 3.63) is 30.0 Å². The van der Waals surface area contributed by atoms with Crippen LogP contribution in [0.25, 0.3) is 11.0 Å². The highest BCUT2D eigenvalue weighted by atomic mass is 16.5. The molecule has 1 heterocycles. The number of methoxy groups -OCH3 is 1. The summed E-state index contributed by atoms with van der Waals surface area (Å²) in [5.41, 5.74) is 0.838. The molecule has 0 aliphatic rings. The van der Waals surface area contributed by atoms with Gasteiger partial charge >= 0.3 is 0 Å². The van der Waals surface area contributed by atoms with E-state index in [-0.39, 0.29) is 6.04 Å². The topological polar surface area (TPSA) is 34.4 Å². The Balaban J connectivity index is 1.98. The highest BCUT2D eigenvalue weighted by molar-refractivity contribution is 5.83. The zero-order valence-corrected chi connectivity index (χ0v) is 12.7. The molecule has 0 bridgehead atoms. The molecule has 20 heavy (non-hydrogen) atoms. The van der Waals surface area contributed by atoms with Gasteiger partial charge in [0, 0.05) is 5.39 Å². The van der Waals surface area contributed by atoms with Gasteiger partial charge < -0.3 is 14.5 Å². The number of benzene rings is 1. The maximum atomic E-state index is 5.94. The molecule has 1 aromatic carbocycles. The van der Waals surface area contributed by atoms with Gasteiger partial charge in [-0.25, -0.2) is 0 Å². The highest BCUT2D eigenvalue weighted by Crippen LogP contribution is 2.30. The van der Waals surface area contributed by atoms with Crippen molar-refractivity contribution in [2.45, 2.75) is 45.6 Å². The predicted molar refractivity (Wildman–Crippen MR) is 83.3 cm³/mol. The second-order valence-electron chi connectivity index (χ2n) is 5.26. The number of furan rings is 1. The largest absolute Gasteiger partial charge is 0.493 e. The van der Waals surface area contributed by atoms with E-state index in [1.54, 1.807) is 7.11 Å². The van der Waals surface area contributed by atoms with Crippen LogP contribution in [0.2, 0.25) is 0 Å². The second kappa shape index (κ2) is 7.34. The number of fused-ring (bicyclic) bond motifs is 1. The summed E-state index contributed by atoms with van der Waals surface area (Å²) in [6, 6.07) is 8.30. The fourth-order valence-corrected chi connectivity index (χ4v) is 2.40. The number of nitrogens with one attached hydrogen (secondary N) is 1. The van der Waals surface area contributed by atoms with Crippen molar-refractivity contribution in [3.63, 3.8) is 0 Å². The molecular weight excluding hydrogens is 250 g/mol. The highest BCUT2D eigenvalue weighted by Gasteiger charge is 2.13. The summed E-state index contributed by atoms with van der Waals surface area (Å²) < 4.78 is 11.3. The van der Waals surface area contributed by atoms with E-state index in [0.29, 0.717) is 0 Å². The van der Waals surface area contributed by atoms with E-state index in [9.17, 15) is 0 Å². The lowest BCUT2D eigenvalue weighted by atomic mass is 10.2. The van der Waals surface area contributed by atoms with Crippen LogP contribution in [-0.2, 0) is 0 Å². The molecule has 2 aromatic rings. The zero-order valence-electron chi connectivity index (χ0n) is 12.7. The fraction of sp³-hybridized carbons (Fsp3) is 0.529. The first-order valence-electron chi connectivity index (χ1n) is 7.56.